The molecule has 0 spiro atoms. The van der Waals surface area contributed by atoms with E-state index < -0.39 is 54.9 Å². The Morgan fingerprint density at radius 2 is 1.85 bits per heavy atom. The number of carbonyl (C=O) groups excluding carboxylic acids is 3. The van der Waals surface area contributed by atoms with Crippen LogP contribution in [0.4, 0.5) is 14.9 Å². The lowest BCUT2D eigenvalue weighted by Crippen LogP contribution is -2.49. The van der Waals surface area contributed by atoms with E-state index in [1.807, 2.05) is 24.3 Å². The number of para-hydroxylation sites is 1. The summed E-state index contributed by atoms with van der Waals surface area (Å²) in [6, 6.07) is 9.19. The predicted octanol–water partition coefficient (Wildman–Crippen LogP) is 4.05. The van der Waals surface area contributed by atoms with Gasteiger partial charge in [0.2, 0.25) is 0 Å². The molecule has 4 N–H and O–H groups in total. The second kappa shape index (κ2) is 10.5. The fourth-order valence-corrected chi connectivity index (χ4v) is 3.75. The summed E-state index contributed by atoms with van der Waals surface area (Å²) in [6.45, 7) is 1.74. The van der Waals surface area contributed by atoms with Crippen molar-refractivity contribution >= 4 is 62.8 Å². The van der Waals surface area contributed by atoms with Crippen LogP contribution in [-0.4, -0.2) is 52.7 Å². The van der Waals surface area contributed by atoms with Gasteiger partial charge in [0.15, 0.2) is 11.9 Å². The lowest BCUT2D eigenvalue weighted by Gasteiger charge is -2.23. The molecule has 3 aromatic rings. The van der Waals surface area contributed by atoms with Gasteiger partial charge in [-0.15, -0.1) is 0 Å². The fourth-order valence-electron chi connectivity index (χ4n) is 3.53. The number of carboxylic acid groups (broad SMARTS) is 1. The molecule has 0 aliphatic heterocycles. The van der Waals surface area contributed by atoms with Crippen molar-refractivity contribution in [1.82, 2.24) is 10.3 Å². The molecule has 0 aliphatic carbocycles. The van der Waals surface area contributed by atoms with Gasteiger partial charge in [-0.25, -0.2) is 9.18 Å². The molecule has 2 amide bonds. The molecule has 11 heteroatoms. The van der Waals surface area contributed by atoms with Crippen molar-refractivity contribution in [3.8, 4) is 0 Å². The number of carbonyl (C=O) groups is 4. The number of aliphatic carboxylic acids is 1. The third-order valence-electron chi connectivity index (χ3n) is 5.13. The third-order valence-corrected chi connectivity index (χ3v) is 5.35. The summed E-state index contributed by atoms with van der Waals surface area (Å²) in [4.78, 5) is 51.2. The number of nitrogens with one attached hydrogen (secondary N) is 3. The summed E-state index contributed by atoms with van der Waals surface area (Å²) < 4.78 is 18.1. The maximum atomic E-state index is 12.8. The summed E-state index contributed by atoms with van der Waals surface area (Å²) in [7, 11) is 0. The van der Waals surface area contributed by atoms with Gasteiger partial charge in [-0.3, -0.25) is 19.7 Å². The van der Waals surface area contributed by atoms with E-state index in [-0.39, 0.29) is 0 Å². The first kappa shape index (κ1) is 25.0. The molecule has 1 aromatic heterocycles. The first-order chi connectivity index (χ1) is 16.1. The van der Waals surface area contributed by atoms with Crippen LogP contribution in [0.1, 0.15) is 20.3 Å². The Morgan fingerprint density at radius 3 is 2.50 bits per heavy atom. The van der Waals surface area contributed by atoms with Crippen molar-refractivity contribution in [3.05, 3.63) is 41.4 Å². The minimum absolute atomic E-state index is 0.322. The lowest BCUT2D eigenvalue weighted by atomic mass is 10.0. The maximum absolute atomic E-state index is 12.8. The molecule has 9 nitrogen and oxygen atoms in total. The number of amides is 2. The molecule has 0 saturated carbocycles. The van der Waals surface area contributed by atoms with Crippen molar-refractivity contribution in [1.29, 1.82) is 0 Å². The van der Waals surface area contributed by atoms with Crippen molar-refractivity contribution in [3.63, 3.8) is 0 Å². The monoisotopic (exact) mass is 491 g/mol. The number of hydrogen-bond acceptors (Lipinski definition) is 5. The number of carboxylic acids is 1. The minimum Gasteiger partial charge on any atom is -0.481 e. The van der Waals surface area contributed by atoms with Gasteiger partial charge >= 0.3 is 12.1 Å². The molecule has 3 rings (SSSR count). The van der Waals surface area contributed by atoms with Gasteiger partial charge < -0.3 is 20.1 Å². The first-order valence-corrected chi connectivity index (χ1v) is 10.8. The van der Waals surface area contributed by atoms with E-state index in [1.54, 1.807) is 19.9 Å². The topological polar surface area (TPSA) is 138 Å². The first-order valence-electron chi connectivity index (χ1n) is 10.4. The number of Topliss-reactive ketones (excluding diaryl/α,β-unsaturated/α-hetero) is 1. The van der Waals surface area contributed by atoms with Crippen LogP contribution in [0.25, 0.3) is 21.8 Å². The van der Waals surface area contributed by atoms with Gasteiger partial charge in [0.25, 0.3) is 5.91 Å². The quantitative estimate of drug-likeness (QED) is 0.356. The van der Waals surface area contributed by atoms with Crippen molar-refractivity contribution in [2.24, 2.45) is 5.92 Å². The number of halogens is 2. The van der Waals surface area contributed by atoms with Crippen LogP contribution < -0.4 is 10.6 Å². The molecule has 0 aliphatic rings. The van der Waals surface area contributed by atoms with E-state index in [0.717, 1.165) is 16.3 Å². The highest BCUT2D eigenvalue weighted by atomic mass is 35.5. The van der Waals surface area contributed by atoms with Crippen molar-refractivity contribution in [2.45, 2.75) is 32.4 Å². The number of aromatic nitrogens is 1. The summed E-state index contributed by atoms with van der Waals surface area (Å²) in [5.41, 5.74) is 1.75. The number of H-pyrrole nitrogens is 1. The molecule has 2 aromatic carbocycles. The molecule has 2 atom stereocenters. The molecule has 0 fully saturated rings. The number of anilines is 1. The zero-order valence-electron chi connectivity index (χ0n) is 18.4. The Balaban J connectivity index is 1.80. The number of rotatable bonds is 9. The van der Waals surface area contributed by atoms with Gasteiger partial charge in [-0.1, -0.05) is 43.6 Å². The summed E-state index contributed by atoms with van der Waals surface area (Å²) in [5.74, 6) is -3.94. The normalized spacial score (nSPS) is 13.0. The van der Waals surface area contributed by atoms with E-state index in [2.05, 4.69) is 15.6 Å². The second-order valence-corrected chi connectivity index (χ2v) is 8.44. The Labute approximate surface area is 198 Å². The Bertz CT molecular complexity index is 1260. The van der Waals surface area contributed by atoms with Gasteiger partial charge in [0.05, 0.1) is 17.6 Å². The highest BCUT2D eigenvalue weighted by Gasteiger charge is 2.31. The molecule has 0 bridgehead atoms. The highest BCUT2D eigenvalue weighted by Crippen LogP contribution is 2.33. The Kier molecular flexibility index (Phi) is 7.72. The van der Waals surface area contributed by atoms with Crippen LogP contribution in [0, 0.1) is 5.92 Å². The van der Waals surface area contributed by atoms with Crippen LogP contribution in [-0.2, 0) is 19.1 Å². The van der Waals surface area contributed by atoms with Crippen LogP contribution >= 0.6 is 11.6 Å². The van der Waals surface area contributed by atoms with Gasteiger partial charge in [0.1, 0.15) is 12.7 Å². The summed E-state index contributed by atoms with van der Waals surface area (Å²) in [5, 5.41) is 15.7. The van der Waals surface area contributed by atoms with E-state index in [0.29, 0.717) is 16.2 Å². The smallest absolute Gasteiger partial charge is 0.412 e. The number of hydrogen-bond donors (Lipinski definition) is 4. The minimum atomic E-state index is -1.58. The van der Waals surface area contributed by atoms with E-state index in [9.17, 15) is 23.6 Å². The Morgan fingerprint density at radius 1 is 1.15 bits per heavy atom. The maximum Gasteiger partial charge on any atom is 0.412 e. The van der Waals surface area contributed by atoms with E-state index >= 15 is 0 Å². The molecule has 0 unspecified atom stereocenters. The average Bonchev–Trinajstić information content (AvgIpc) is 3.14. The zero-order valence-corrected chi connectivity index (χ0v) is 19.1. The van der Waals surface area contributed by atoms with Crippen LogP contribution in [0.5, 0.6) is 0 Å². The van der Waals surface area contributed by atoms with Crippen molar-refractivity contribution < 1.29 is 33.4 Å². The number of benzene rings is 2. The van der Waals surface area contributed by atoms with Crippen LogP contribution in [0.2, 0.25) is 5.02 Å². The number of ketones is 1. The van der Waals surface area contributed by atoms with Gasteiger partial charge in [-0.05, 0) is 24.1 Å². The molecular formula is C23H23ClFN3O6. The van der Waals surface area contributed by atoms with Gasteiger partial charge in [0, 0.05) is 21.3 Å². The van der Waals surface area contributed by atoms with E-state index in [4.69, 9.17) is 21.4 Å². The average molecular weight is 492 g/mol. The van der Waals surface area contributed by atoms with Crippen molar-refractivity contribution in [2.75, 3.05) is 12.0 Å². The second-order valence-electron chi connectivity index (χ2n) is 8.00. The lowest BCUT2D eigenvalue weighted by molar-refractivity contribution is -0.141. The summed E-state index contributed by atoms with van der Waals surface area (Å²) in [6.07, 6.45) is -3.14. The molecular weight excluding hydrogens is 469 g/mol. The zero-order chi connectivity index (χ0) is 25.0. The molecule has 0 radical (unpaired) electrons. The number of ether oxygens (including phenoxy) is 1. The predicted molar refractivity (Wildman–Crippen MR) is 125 cm³/mol. The largest absolute Gasteiger partial charge is 0.481 e. The number of fused-ring (bicyclic) bond motifs is 3. The highest BCUT2D eigenvalue weighted by molar-refractivity contribution is 6.32. The van der Waals surface area contributed by atoms with Crippen LogP contribution in [0.3, 0.4) is 0 Å². The fraction of sp³-hybridized carbons (Fsp3) is 0.304. The third kappa shape index (κ3) is 5.63. The molecule has 1 heterocycles. The van der Waals surface area contributed by atoms with Gasteiger partial charge in [-0.2, -0.15) is 0 Å². The summed E-state index contributed by atoms with van der Waals surface area (Å²) >= 11 is 6.23. The number of aromatic amines is 1. The van der Waals surface area contributed by atoms with E-state index in [1.165, 1.54) is 6.07 Å². The SMILES string of the molecule is CC(C)[C@H](OC(=O)Nc1cc(Cl)cc2c1[nH]c1ccccc12)C(=O)N[C@@H](CC(=O)O)C(=O)CF. The molecule has 0 saturated heterocycles. The number of alkyl halides is 1. The Hall–Kier alpha value is -3.66. The molecule has 180 valence electrons. The molecule has 34 heavy (non-hydrogen) atoms. The van der Waals surface area contributed by atoms with Crippen LogP contribution in [0.15, 0.2) is 36.4 Å². The standard InChI is InChI=1S/C23H23ClFN3O6/c1-11(2)21(22(32)27-16(9-19(30)31)18(29)10-25)34-23(33)28-17-8-12(24)7-14-13-5-3-4-6-15(13)26-20(14)17/h3-8,11,16,21,26H,9-10H2,1-2H3,(H,27,32)(H,28,33)(H,30,31)/t16-,21-/m0/s1.